The normalized spacial score (nSPS) is 13.7. The number of rotatable bonds is 10. The number of sulfonamides is 1. The van der Waals surface area contributed by atoms with Crippen LogP contribution in [0.25, 0.3) is 27.0 Å². The van der Waals surface area contributed by atoms with Gasteiger partial charge in [0.1, 0.15) is 34.2 Å². The van der Waals surface area contributed by atoms with E-state index in [-0.39, 0.29) is 35.4 Å². The first kappa shape index (κ1) is 41.8. The SMILES string of the molecule is Cc1sc2c(c1C)C(c1ccc(-c3ccc(C(=O)NCc4ccc(S(=O)(=O)Nc5ccc(C)c6c(C#N)c[nH]c56)cc4)nc3)cc1)=N[C@@H](CC(=O)OC(C)(C)C)c1nnc(C)n1-2. The van der Waals surface area contributed by atoms with Gasteiger partial charge in [0.25, 0.3) is 15.9 Å². The Balaban J connectivity index is 0.951. The van der Waals surface area contributed by atoms with E-state index in [0.717, 1.165) is 49.0 Å². The number of thiophene rings is 1. The molecule has 1 amide bonds. The number of fused-ring (bicyclic) bond motifs is 4. The second kappa shape index (κ2) is 16.1. The lowest BCUT2D eigenvalue weighted by Crippen LogP contribution is -2.25. The minimum absolute atomic E-state index is 0.00351. The largest absolute Gasteiger partial charge is 0.460 e. The van der Waals surface area contributed by atoms with Crippen molar-refractivity contribution in [1.29, 1.82) is 5.26 Å². The lowest BCUT2D eigenvalue weighted by Gasteiger charge is -2.21. The molecule has 1 aliphatic heterocycles. The number of H-pyrrole nitrogens is 1. The molecule has 14 nitrogen and oxygen atoms in total. The van der Waals surface area contributed by atoms with E-state index in [1.807, 2.05) is 69.5 Å². The van der Waals surface area contributed by atoms with Gasteiger partial charge >= 0.3 is 5.97 Å². The highest BCUT2D eigenvalue weighted by atomic mass is 32.2. The number of ether oxygens (including phenoxy) is 1. The molecule has 1 aliphatic rings. The average Bonchev–Trinajstić information content (AvgIpc) is 3.91. The van der Waals surface area contributed by atoms with E-state index in [2.05, 4.69) is 50.1 Å². The molecule has 7 aromatic rings. The summed E-state index contributed by atoms with van der Waals surface area (Å²) in [5.41, 5.74) is 7.80. The lowest BCUT2D eigenvalue weighted by atomic mass is 9.97. The van der Waals surface area contributed by atoms with Crippen molar-refractivity contribution in [2.24, 2.45) is 4.99 Å². The molecule has 0 aliphatic carbocycles. The fourth-order valence-electron chi connectivity index (χ4n) is 7.44. The number of hydrogen-bond acceptors (Lipinski definition) is 11. The van der Waals surface area contributed by atoms with E-state index in [1.54, 1.807) is 54.1 Å². The molecule has 0 spiro atoms. The van der Waals surface area contributed by atoms with Gasteiger partial charge in [0.2, 0.25) is 0 Å². The molecule has 8 rings (SSSR count). The molecule has 4 aromatic heterocycles. The van der Waals surface area contributed by atoms with E-state index in [0.29, 0.717) is 39.4 Å². The number of nitriles is 1. The van der Waals surface area contributed by atoms with Gasteiger partial charge in [0.15, 0.2) is 5.82 Å². The van der Waals surface area contributed by atoms with Gasteiger partial charge in [-0.15, -0.1) is 21.5 Å². The number of nitrogens with zero attached hydrogens (tertiary/aromatic N) is 6. The number of benzene rings is 3. The van der Waals surface area contributed by atoms with Crippen LogP contribution in [0.2, 0.25) is 0 Å². The van der Waals surface area contributed by atoms with Crippen molar-refractivity contribution in [3.63, 3.8) is 0 Å². The van der Waals surface area contributed by atoms with Gasteiger partial charge in [-0.1, -0.05) is 48.5 Å². The zero-order chi connectivity index (χ0) is 44.1. The van der Waals surface area contributed by atoms with E-state index >= 15 is 0 Å². The van der Waals surface area contributed by atoms with Crippen molar-refractivity contribution in [3.8, 4) is 22.2 Å². The number of esters is 1. The predicted molar refractivity (Wildman–Crippen MR) is 238 cm³/mol. The van der Waals surface area contributed by atoms with E-state index in [1.165, 1.54) is 12.1 Å². The molecular weight excluding hydrogens is 823 g/mol. The standard InChI is InChI=1S/C46H43N9O5S2/c1-25-8-18-35(42-39(25)33(21-47)24-49-42)54-62(58,59)34-16-9-29(10-17-34)22-50-44(57)36-19-15-32(23-48-36)30-11-13-31(14-12-30)41-40-26(2)27(3)61-45(40)55-28(4)52-53-43(55)37(51-41)20-38(56)60-46(5,6)7/h8-19,23-24,37,49,54H,20,22H2,1-7H3,(H,50,57)/t37-/m0/s1. The minimum Gasteiger partial charge on any atom is -0.460 e. The van der Waals surface area contributed by atoms with Crippen molar-refractivity contribution in [2.45, 2.75) is 78.0 Å². The van der Waals surface area contributed by atoms with Crippen molar-refractivity contribution in [1.82, 2.24) is 30.0 Å². The van der Waals surface area contributed by atoms with E-state index in [4.69, 9.17) is 9.73 Å². The van der Waals surface area contributed by atoms with Crippen LogP contribution in [-0.2, 0) is 26.1 Å². The van der Waals surface area contributed by atoms with Crippen LogP contribution in [0.15, 0.2) is 95.1 Å². The van der Waals surface area contributed by atoms with Crippen molar-refractivity contribution >= 4 is 55.5 Å². The Morgan fingerprint density at radius 3 is 2.32 bits per heavy atom. The molecule has 16 heteroatoms. The fraction of sp³-hybridized carbons (Fsp3) is 0.239. The molecular formula is C46H43N9O5S2. The highest BCUT2D eigenvalue weighted by molar-refractivity contribution is 7.92. The first-order chi connectivity index (χ1) is 29.5. The first-order valence-electron chi connectivity index (χ1n) is 19.8. The number of anilines is 1. The molecule has 0 unspecified atom stereocenters. The Kier molecular flexibility index (Phi) is 10.9. The molecule has 62 heavy (non-hydrogen) atoms. The number of pyridine rings is 1. The average molecular weight is 866 g/mol. The quantitative estimate of drug-likeness (QED) is 0.113. The molecule has 3 aromatic carbocycles. The third-order valence-electron chi connectivity index (χ3n) is 10.6. The maximum atomic E-state index is 13.3. The number of nitrogens with one attached hydrogen (secondary N) is 3. The van der Waals surface area contributed by atoms with Crippen LogP contribution in [0.3, 0.4) is 0 Å². The third-order valence-corrected chi connectivity index (χ3v) is 13.2. The molecule has 0 saturated heterocycles. The van der Waals surface area contributed by atoms with Crippen LogP contribution < -0.4 is 10.0 Å². The van der Waals surface area contributed by atoms with Gasteiger partial charge in [-0.05, 0) is 95.0 Å². The number of aryl methyl sites for hydroxylation is 3. The van der Waals surface area contributed by atoms with Gasteiger partial charge in [-0.25, -0.2) is 8.42 Å². The monoisotopic (exact) mass is 865 g/mol. The molecule has 5 heterocycles. The Hall–Kier alpha value is -6.96. The van der Waals surface area contributed by atoms with Crippen LogP contribution in [0.1, 0.15) is 93.6 Å². The smallest absolute Gasteiger partial charge is 0.308 e. The molecule has 0 fully saturated rings. The number of carbonyl (C=O) groups is 2. The second-order valence-corrected chi connectivity index (χ2v) is 19.0. The van der Waals surface area contributed by atoms with Gasteiger partial charge in [0.05, 0.1) is 33.8 Å². The first-order valence-corrected chi connectivity index (χ1v) is 22.1. The second-order valence-electron chi connectivity index (χ2n) is 16.1. The Morgan fingerprint density at radius 2 is 1.65 bits per heavy atom. The summed E-state index contributed by atoms with van der Waals surface area (Å²) in [6, 6.07) is 22.6. The number of hydrogen-bond donors (Lipinski definition) is 3. The van der Waals surface area contributed by atoms with Gasteiger partial charge < -0.3 is 15.0 Å². The highest BCUT2D eigenvalue weighted by Crippen LogP contribution is 2.40. The topological polar surface area (TPSA) is 197 Å². The van der Waals surface area contributed by atoms with Gasteiger partial charge in [0, 0.05) is 45.9 Å². The summed E-state index contributed by atoms with van der Waals surface area (Å²) < 4.78 is 36.9. The summed E-state index contributed by atoms with van der Waals surface area (Å²) in [5.74, 6) is 0.539. The summed E-state index contributed by atoms with van der Waals surface area (Å²) in [4.78, 5) is 40.1. The summed E-state index contributed by atoms with van der Waals surface area (Å²) in [6.07, 6.45) is 3.20. The van der Waals surface area contributed by atoms with Crippen LogP contribution in [0.5, 0.6) is 0 Å². The number of aromatic amines is 1. The van der Waals surface area contributed by atoms with Crippen LogP contribution in [0, 0.1) is 39.0 Å². The molecule has 0 saturated carbocycles. The third kappa shape index (κ3) is 8.12. The number of amides is 1. The summed E-state index contributed by atoms with van der Waals surface area (Å²) in [6.45, 7) is 13.6. The van der Waals surface area contributed by atoms with E-state index in [9.17, 15) is 23.3 Å². The zero-order valence-corrected chi connectivity index (χ0v) is 36.7. The van der Waals surface area contributed by atoms with Crippen molar-refractivity contribution in [3.05, 3.63) is 141 Å². The molecule has 0 bridgehead atoms. The van der Waals surface area contributed by atoms with E-state index < -0.39 is 21.7 Å². The van der Waals surface area contributed by atoms with Crippen LogP contribution in [-0.4, -0.2) is 56.3 Å². The van der Waals surface area contributed by atoms with Gasteiger partial charge in [-0.2, -0.15) is 5.26 Å². The molecule has 0 radical (unpaired) electrons. The summed E-state index contributed by atoms with van der Waals surface area (Å²) in [7, 11) is -3.95. The summed E-state index contributed by atoms with van der Waals surface area (Å²) >= 11 is 1.64. The lowest BCUT2D eigenvalue weighted by molar-refractivity contribution is -0.155. The van der Waals surface area contributed by atoms with Crippen molar-refractivity contribution < 1.29 is 22.7 Å². The van der Waals surface area contributed by atoms with Crippen LogP contribution in [0.4, 0.5) is 5.69 Å². The minimum atomic E-state index is -3.95. The number of aromatic nitrogens is 5. The Morgan fingerprint density at radius 1 is 0.935 bits per heavy atom. The summed E-state index contributed by atoms with van der Waals surface area (Å²) in [5, 5.41) is 22.8. The number of aliphatic imine (C=N–C) groups is 1. The number of carbonyl (C=O) groups excluding carboxylic acids is 2. The Labute approximate surface area is 362 Å². The van der Waals surface area contributed by atoms with Crippen molar-refractivity contribution in [2.75, 3.05) is 4.72 Å². The van der Waals surface area contributed by atoms with Gasteiger partial charge in [-0.3, -0.25) is 28.9 Å². The zero-order valence-electron chi connectivity index (χ0n) is 35.1. The fourth-order valence-corrected chi connectivity index (χ4v) is 9.73. The Bertz CT molecular complexity index is 3080. The highest BCUT2D eigenvalue weighted by Gasteiger charge is 2.33. The molecule has 1 atom stereocenters. The van der Waals surface area contributed by atoms with Crippen LogP contribution >= 0.6 is 11.3 Å². The molecule has 314 valence electrons. The maximum Gasteiger partial charge on any atom is 0.308 e. The maximum absolute atomic E-state index is 13.3. The predicted octanol–water partition coefficient (Wildman–Crippen LogP) is 8.33. The molecule has 3 N–H and O–H groups in total.